The second-order valence-electron chi connectivity index (χ2n) is 9.44. The van der Waals surface area contributed by atoms with Crippen molar-refractivity contribution in [2.24, 2.45) is 0 Å². The molecule has 2 aromatic carbocycles. The van der Waals surface area contributed by atoms with Crippen molar-refractivity contribution in [1.82, 2.24) is 14.9 Å². The average Bonchev–Trinajstić information content (AvgIpc) is 3.31. The summed E-state index contributed by atoms with van der Waals surface area (Å²) in [5.41, 5.74) is 7.70. The number of halogens is 1. The van der Waals surface area contributed by atoms with Gasteiger partial charge in [-0.25, -0.2) is 8.42 Å². The maximum absolute atomic E-state index is 11.7. The number of rotatable bonds is 6. The monoisotopic (exact) mass is 565 g/mol. The van der Waals surface area contributed by atoms with Gasteiger partial charge in [-0.05, 0) is 93.1 Å². The van der Waals surface area contributed by atoms with Crippen LogP contribution in [0.25, 0.3) is 5.69 Å². The molecule has 196 valence electrons. The summed E-state index contributed by atoms with van der Waals surface area (Å²) in [7, 11) is -3.38. The van der Waals surface area contributed by atoms with Crippen LogP contribution in [-0.4, -0.2) is 29.3 Å². The van der Waals surface area contributed by atoms with Gasteiger partial charge in [0.25, 0.3) is 0 Å². The quantitative estimate of drug-likeness (QED) is 0.279. The molecule has 0 radical (unpaired) electrons. The zero-order valence-corrected chi connectivity index (χ0v) is 23.8. The fourth-order valence-electron chi connectivity index (χ4n) is 5.27. The second-order valence-corrected chi connectivity index (χ2v) is 12.0. The van der Waals surface area contributed by atoms with Crippen LogP contribution in [0.2, 0.25) is 5.02 Å². The number of thiocarbonyl (C=S) groups is 1. The maximum atomic E-state index is 11.7. The number of pyridine rings is 1. The Bertz CT molecular complexity index is 1620. The Kier molecular flexibility index (Phi) is 6.94. The van der Waals surface area contributed by atoms with Crippen molar-refractivity contribution in [2.45, 2.75) is 32.9 Å². The number of nitrogens with zero attached hydrogens (tertiary/aromatic N) is 3. The van der Waals surface area contributed by atoms with Crippen LogP contribution in [0.3, 0.4) is 0 Å². The van der Waals surface area contributed by atoms with Gasteiger partial charge in [-0.15, -0.1) is 0 Å². The minimum absolute atomic E-state index is 0.203. The van der Waals surface area contributed by atoms with Gasteiger partial charge in [0, 0.05) is 45.2 Å². The van der Waals surface area contributed by atoms with Crippen molar-refractivity contribution >= 4 is 50.3 Å². The van der Waals surface area contributed by atoms with Crippen molar-refractivity contribution in [2.75, 3.05) is 15.9 Å². The van der Waals surface area contributed by atoms with E-state index in [1.807, 2.05) is 54.6 Å². The van der Waals surface area contributed by atoms with Gasteiger partial charge in [0.1, 0.15) is 0 Å². The molecule has 0 amide bonds. The summed E-state index contributed by atoms with van der Waals surface area (Å²) in [6, 6.07) is 20.5. The topological polar surface area (TPSA) is 79.3 Å². The lowest BCUT2D eigenvalue weighted by atomic mass is 9.93. The van der Waals surface area contributed by atoms with E-state index in [1.54, 1.807) is 18.3 Å². The van der Waals surface area contributed by atoms with E-state index in [2.05, 4.69) is 45.3 Å². The lowest BCUT2D eigenvalue weighted by molar-refractivity contribution is 0.563. The van der Waals surface area contributed by atoms with Crippen LogP contribution >= 0.6 is 23.8 Å². The lowest BCUT2D eigenvalue weighted by Crippen LogP contribution is -2.29. The maximum Gasteiger partial charge on any atom is 0.229 e. The first-order chi connectivity index (χ1) is 18.0. The van der Waals surface area contributed by atoms with E-state index in [-0.39, 0.29) is 12.1 Å². The Labute approximate surface area is 233 Å². The number of anilines is 2. The van der Waals surface area contributed by atoms with E-state index in [4.69, 9.17) is 23.8 Å². The molecule has 1 aliphatic heterocycles. The molecule has 0 aliphatic carbocycles. The van der Waals surface area contributed by atoms with Crippen molar-refractivity contribution in [3.05, 3.63) is 106 Å². The fourth-order valence-corrected chi connectivity index (χ4v) is 6.37. The molecule has 1 aliphatic rings. The highest BCUT2D eigenvalue weighted by Crippen LogP contribution is 2.45. The highest BCUT2D eigenvalue weighted by molar-refractivity contribution is 7.92. The minimum Gasteiger partial charge on any atom is -0.351 e. The number of aromatic nitrogens is 2. The third-order valence-corrected chi connectivity index (χ3v) is 8.07. The van der Waals surface area contributed by atoms with Crippen molar-refractivity contribution in [1.29, 1.82) is 0 Å². The number of nitrogens with one attached hydrogen (secondary N) is 2. The molecule has 1 saturated heterocycles. The molecule has 4 aromatic rings. The number of sulfonamides is 1. The molecule has 2 N–H and O–H groups in total. The van der Waals surface area contributed by atoms with Gasteiger partial charge < -0.3 is 14.8 Å². The molecular weight excluding hydrogens is 538 g/mol. The van der Waals surface area contributed by atoms with E-state index in [1.165, 1.54) is 0 Å². The first-order valence-corrected chi connectivity index (χ1v) is 14.8. The first-order valence-electron chi connectivity index (χ1n) is 12.1. The molecule has 3 heterocycles. The molecular formula is C28H28ClN5O2S2. The van der Waals surface area contributed by atoms with Crippen LogP contribution in [0.15, 0.2) is 72.9 Å². The van der Waals surface area contributed by atoms with Gasteiger partial charge in [0.15, 0.2) is 5.11 Å². The predicted octanol–water partition coefficient (Wildman–Crippen LogP) is 6.00. The summed E-state index contributed by atoms with van der Waals surface area (Å²) >= 11 is 12.2. The van der Waals surface area contributed by atoms with Gasteiger partial charge in [0.05, 0.1) is 24.0 Å². The molecule has 0 spiro atoms. The largest absolute Gasteiger partial charge is 0.351 e. The van der Waals surface area contributed by atoms with E-state index in [0.29, 0.717) is 15.8 Å². The van der Waals surface area contributed by atoms with Gasteiger partial charge in [-0.3, -0.25) is 9.71 Å². The molecule has 5 rings (SSSR count). The van der Waals surface area contributed by atoms with Crippen LogP contribution in [0.1, 0.15) is 40.3 Å². The number of benzene rings is 2. The highest BCUT2D eigenvalue weighted by atomic mass is 35.5. The van der Waals surface area contributed by atoms with Crippen molar-refractivity contribution in [3.63, 3.8) is 0 Å². The summed E-state index contributed by atoms with van der Waals surface area (Å²) in [6.45, 7) is 6.36. The Morgan fingerprint density at radius 2 is 1.71 bits per heavy atom. The van der Waals surface area contributed by atoms with Gasteiger partial charge in [-0.2, -0.15) is 0 Å². The van der Waals surface area contributed by atoms with Gasteiger partial charge in [-0.1, -0.05) is 23.7 Å². The van der Waals surface area contributed by atoms with Crippen LogP contribution in [0.4, 0.5) is 11.4 Å². The Hall–Kier alpha value is -3.40. The second kappa shape index (κ2) is 10.1. The molecule has 38 heavy (non-hydrogen) atoms. The average molecular weight is 566 g/mol. The van der Waals surface area contributed by atoms with E-state index in [0.717, 1.165) is 45.8 Å². The summed E-state index contributed by atoms with van der Waals surface area (Å²) in [6.07, 6.45) is 2.92. The Morgan fingerprint density at radius 1 is 0.974 bits per heavy atom. The van der Waals surface area contributed by atoms with Crippen LogP contribution < -0.4 is 14.9 Å². The van der Waals surface area contributed by atoms with E-state index in [9.17, 15) is 8.42 Å². The zero-order valence-electron chi connectivity index (χ0n) is 21.4. The minimum atomic E-state index is -3.38. The SMILES string of the molecule is Cc1c([C@H]2[C@H](c3ccccn3)NC(=S)N2c2ccc(NS(C)(=O)=O)cc2)c(C)n(-c2cccc(Cl)c2)c1C. The fraction of sp³-hybridized carbons (Fsp3) is 0.214. The molecule has 2 atom stereocenters. The molecule has 0 unspecified atom stereocenters. The summed E-state index contributed by atoms with van der Waals surface area (Å²) < 4.78 is 28.2. The van der Waals surface area contributed by atoms with Crippen LogP contribution in [0, 0.1) is 20.8 Å². The highest BCUT2D eigenvalue weighted by Gasteiger charge is 2.43. The molecule has 0 saturated carbocycles. The Morgan fingerprint density at radius 3 is 2.34 bits per heavy atom. The molecule has 7 nitrogen and oxygen atoms in total. The summed E-state index contributed by atoms with van der Waals surface area (Å²) in [4.78, 5) is 6.76. The van der Waals surface area contributed by atoms with Crippen LogP contribution in [0.5, 0.6) is 0 Å². The molecule has 1 fully saturated rings. The smallest absolute Gasteiger partial charge is 0.229 e. The van der Waals surface area contributed by atoms with E-state index >= 15 is 0 Å². The summed E-state index contributed by atoms with van der Waals surface area (Å²) in [5.74, 6) is 0. The first kappa shape index (κ1) is 26.2. The molecule has 0 bridgehead atoms. The number of hydrogen-bond donors (Lipinski definition) is 2. The predicted molar refractivity (Wildman–Crippen MR) is 158 cm³/mol. The van der Waals surface area contributed by atoms with Crippen molar-refractivity contribution < 1.29 is 8.42 Å². The standard InChI is InChI=1S/C28H28ClN5O2S2/c1-17-18(2)33(23-9-7-8-20(29)16-23)19(3)25(17)27-26(24-10-5-6-15-30-24)31-28(37)34(27)22-13-11-21(12-14-22)32-38(4,35)36/h5-16,26-27,32H,1-4H3,(H,31,37)/t26-,27-/m0/s1. The normalized spacial score (nSPS) is 17.5. The zero-order chi connectivity index (χ0) is 27.2. The third kappa shape index (κ3) is 4.89. The Balaban J connectivity index is 1.67. The molecule has 2 aromatic heterocycles. The van der Waals surface area contributed by atoms with Crippen molar-refractivity contribution in [3.8, 4) is 5.69 Å². The lowest BCUT2D eigenvalue weighted by Gasteiger charge is -2.29. The summed E-state index contributed by atoms with van der Waals surface area (Å²) in [5, 5.41) is 4.75. The number of hydrogen-bond acceptors (Lipinski definition) is 4. The third-order valence-electron chi connectivity index (χ3n) is 6.92. The van der Waals surface area contributed by atoms with E-state index < -0.39 is 10.0 Å². The van der Waals surface area contributed by atoms with Gasteiger partial charge in [0.2, 0.25) is 10.0 Å². The van der Waals surface area contributed by atoms with Crippen LogP contribution in [-0.2, 0) is 10.0 Å². The molecule has 10 heteroatoms. The van der Waals surface area contributed by atoms with Gasteiger partial charge >= 0.3 is 0 Å².